The first-order valence-corrected chi connectivity index (χ1v) is 9.11. The molecule has 0 aliphatic carbocycles. The lowest BCUT2D eigenvalue weighted by atomic mass is 10.2. The molecule has 9 heteroatoms. The van der Waals surface area contributed by atoms with Gasteiger partial charge in [-0.05, 0) is 50.2 Å². The Kier molecular flexibility index (Phi) is 7.96. The standard InChI is InChI=1S/C20H23N3O6/c1-3-23(4-2)20(27)14-7-9-15(10-8-14)22-17(24)13-29-18(25)12-21-19(26)16-6-5-11-28-16/h5-11H,3-4,12-13H2,1-2H3,(H,21,26)(H,22,24). The molecule has 0 radical (unpaired) electrons. The van der Waals surface area contributed by atoms with Crippen LogP contribution < -0.4 is 10.6 Å². The van der Waals surface area contributed by atoms with E-state index in [0.29, 0.717) is 24.3 Å². The molecule has 0 atom stereocenters. The van der Waals surface area contributed by atoms with Gasteiger partial charge in [-0.1, -0.05) is 0 Å². The number of carbonyl (C=O) groups is 4. The van der Waals surface area contributed by atoms with Gasteiger partial charge in [0.2, 0.25) is 0 Å². The Balaban J connectivity index is 1.75. The van der Waals surface area contributed by atoms with E-state index in [-0.39, 0.29) is 11.7 Å². The number of benzene rings is 1. The molecule has 0 spiro atoms. The number of furan rings is 1. The van der Waals surface area contributed by atoms with Crippen LogP contribution in [0.15, 0.2) is 47.1 Å². The first-order chi connectivity index (χ1) is 13.9. The van der Waals surface area contributed by atoms with Crippen LogP contribution in [-0.4, -0.2) is 54.8 Å². The van der Waals surface area contributed by atoms with Crippen LogP contribution in [-0.2, 0) is 14.3 Å². The van der Waals surface area contributed by atoms with Crippen LogP contribution in [0.2, 0.25) is 0 Å². The van der Waals surface area contributed by atoms with Crippen molar-refractivity contribution in [2.45, 2.75) is 13.8 Å². The molecule has 0 aliphatic rings. The maximum absolute atomic E-state index is 12.2. The van der Waals surface area contributed by atoms with Crippen molar-refractivity contribution >= 4 is 29.4 Å². The molecule has 0 saturated heterocycles. The fourth-order valence-corrected chi connectivity index (χ4v) is 2.43. The van der Waals surface area contributed by atoms with E-state index >= 15 is 0 Å². The van der Waals surface area contributed by atoms with Gasteiger partial charge in [0.25, 0.3) is 17.7 Å². The maximum Gasteiger partial charge on any atom is 0.325 e. The summed E-state index contributed by atoms with van der Waals surface area (Å²) in [5, 5.41) is 4.88. The molecule has 1 aromatic heterocycles. The Hall–Kier alpha value is -3.62. The third kappa shape index (κ3) is 6.49. The molecular weight excluding hydrogens is 378 g/mol. The molecule has 9 nitrogen and oxygen atoms in total. The van der Waals surface area contributed by atoms with Gasteiger partial charge >= 0.3 is 5.97 Å². The smallest absolute Gasteiger partial charge is 0.325 e. The largest absolute Gasteiger partial charge is 0.459 e. The second-order valence-electron chi connectivity index (χ2n) is 5.92. The molecule has 0 fully saturated rings. The number of hydrogen-bond acceptors (Lipinski definition) is 6. The summed E-state index contributed by atoms with van der Waals surface area (Å²) in [4.78, 5) is 49.1. The van der Waals surface area contributed by atoms with Crippen LogP contribution in [0, 0.1) is 0 Å². The van der Waals surface area contributed by atoms with Gasteiger partial charge in [-0.2, -0.15) is 0 Å². The molecule has 0 aliphatic heterocycles. The molecule has 0 unspecified atom stereocenters. The van der Waals surface area contributed by atoms with Crippen molar-refractivity contribution in [3.63, 3.8) is 0 Å². The number of hydrogen-bond donors (Lipinski definition) is 2. The highest BCUT2D eigenvalue weighted by Crippen LogP contribution is 2.11. The third-order valence-corrected chi connectivity index (χ3v) is 3.97. The van der Waals surface area contributed by atoms with E-state index in [1.807, 2.05) is 13.8 Å². The molecule has 1 heterocycles. The predicted molar refractivity (Wildman–Crippen MR) is 104 cm³/mol. The van der Waals surface area contributed by atoms with Gasteiger partial charge in [0.15, 0.2) is 12.4 Å². The van der Waals surface area contributed by atoms with Crippen LogP contribution in [0.4, 0.5) is 5.69 Å². The Labute approximate surface area is 168 Å². The molecule has 0 saturated carbocycles. The molecule has 2 N–H and O–H groups in total. The molecule has 2 aromatic rings. The Morgan fingerprint density at radius 3 is 2.31 bits per heavy atom. The van der Waals surface area contributed by atoms with Gasteiger partial charge in [0, 0.05) is 24.3 Å². The normalized spacial score (nSPS) is 10.1. The van der Waals surface area contributed by atoms with E-state index in [4.69, 9.17) is 9.15 Å². The summed E-state index contributed by atoms with van der Waals surface area (Å²) in [6.07, 6.45) is 1.34. The molecule has 154 valence electrons. The summed E-state index contributed by atoms with van der Waals surface area (Å²) < 4.78 is 9.70. The summed E-state index contributed by atoms with van der Waals surface area (Å²) in [5.41, 5.74) is 0.985. The number of nitrogens with one attached hydrogen (secondary N) is 2. The molecule has 1 aromatic carbocycles. The van der Waals surface area contributed by atoms with Crippen molar-refractivity contribution in [2.24, 2.45) is 0 Å². The minimum atomic E-state index is -0.764. The first-order valence-electron chi connectivity index (χ1n) is 9.11. The number of ether oxygens (including phenoxy) is 1. The first kappa shape index (κ1) is 21.7. The fraction of sp³-hybridized carbons (Fsp3) is 0.300. The minimum absolute atomic E-state index is 0.0680. The number of esters is 1. The summed E-state index contributed by atoms with van der Waals surface area (Å²) >= 11 is 0. The van der Waals surface area contributed by atoms with Gasteiger partial charge in [-0.3, -0.25) is 19.2 Å². The van der Waals surface area contributed by atoms with Crippen LogP contribution in [0.1, 0.15) is 34.8 Å². The van der Waals surface area contributed by atoms with Crippen molar-refractivity contribution in [2.75, 3.05) is 31.6 Å². The topological polar surface area (TPSA) is 118 Å². The van der Waals surface area contributed by atoms with Crippen molar-refractivity contribution in [3.8, 4) is 0 Å². The number of nitrogens with zero attached hydrogens (tertiary/aromatic N) is 1. The second kappa shape index (κ2) is 10.6. The number of anilines is 1. The highest BCUT2D eigenvalue weighted by atomic mass is 16.5. The van der Waals surface area contributed by atoms with Crippen LogP contribution in [0.3, 0.4) is 0 Å². The molecule has 2 rings (SSSR count). The SMILES string of the molecule is CCN(CC)C(=O)c1ccc(NC(=O)COC(=O)CNC(=O)c2ccco2)cc1. The van der Waals surface area contributed by atoms with E-state index in [9.17, 15) is 19.2 Å². The lowest BCUT2D eigenvalue weighted by molar-refractivity contribution is -0.146. The zero-order valence-electron chi connectivity index (χ0n) is 16.3. The van der Waals surface area contributed by atoms with E-state index in [0.717, 1.165) is 0 Å². The average Bonchev–Trinajstić information content (AvgIpc) is 3.27. The van der Waals surface area contributed by atoms with Crippen molar-refractivity contribution in [1.82, 2.24) is 10.2 Å². The van der Waals surface area contributed by atoms with Gasteiger partial charge < -0.3 is 24.7 Å². The quantitative estimate of drug-likeness (QED) is 0.617. The van der Waals surface area contributed by atoms with Crippen LogP contribution in [0.25, 0.3) is 0 Å². The van der Waals surface area contributed by atoms with Gasteiger partial charge in [-0.15, -0.1) is 0 Å². The van der Waals surface area contributed by atoms with Gasteiger partial charge in [0.1, 0.15) is 6.54 Å². The van der Waals surface area contributed by atoms with Crippen molar-refractivity contribution < 1.29 is 28.3 Å². The lowest BCUT2D eigenvalue weighted by Gasteiger charge is -2.18. The highest BCUT2D eigenvalue weighted by Gasteiger charge is 2.14. The number of amides is 3. The monoisotopic (exact) mass is 401 g/mol. The second-order valence-corrected chi connectivity index (χ2v) is 5.92. The molecule has 29 heavy (non-hydrogen) atoms. The van der Waals surface area contributed by atoms with Crippen molar-refractivity contribution in [3.05, 3.63) is 54.0 Å². The number of rotatable bonds is 9. The molecule has 0 bridgehead atoms. The van der Waals surface area contributed by atoms with Crippen LogP contribution in [0.5, 0.6) is 0 Å². The van der Waals surface area contributed by atoms with E-state index in [2.05, 4.69) is 10.6 Å². The third-order valence-electron chi connectivity index (χ3n) is 3.97. The van der Waals surface area contributed by atoms with E-state index in [1.54, 1.807) is 35.2 Å². The highest BCUT2D eigenvalue weighted by molar-refractivity contribution is 5.97. The molecular formula is C20H23N3O6. The summed E-state index contributed by atoms with van der Waals surface area (Å²) in [5.74, 6) is -1.88. The summed E-state index contributed by atoms with van der Waals surface area (Å²) in [6, 6.07) is 9.43. The zero-order chi connectivity index (χ0) is 21.2. The van der Waals surface area contributed by atoms with Gasteiger partial charge in [0.05, 0.1) is 6.26 Å². The van der Waals surface area contributed by atoms with Crippen molar-refractivity contribution in [1.29, 1.82) is 0 Å². The predicted octanol–water partition coefficient (Wildman–Crippen LogP) is 1.67. The Morgan fingerprint density at radius 2 is 1.72 bits per heavy atom. The maximum atomic E-state index is 12.2. The van der Waals surface area contributed by atoms with Gasteiger partial charge in [-0.25, -0.2) is 0 Å². The van der Waals surface area contributed by atoms with Crippen LogP contribution >= 0.6 is 0 Å². The Bertz CT molecular complexity index is 842. The zero-order valence-corrected chi connectivity index (χ0v) is 16.3. The summed E-state index contributed by atoms with van der Waals surface area (Å²) in [7, 11) is 0. The molecule has 3 amide bonds. The minimum Gasteiger partial charge on any atom is -0.459 e. The van der Waals surface area contributed by atoms with E-state index < -0.39 is 30.9 Å². The average molecular weight is 401 g/mol. The fourth-order valence-electron chi connectivity index (χ4n) is 2.43. The lowest BCUT2D eigenvalue weighted by Crippen LogP contribution is -2.32. The number of carbonyl (C=O) groups excluding carboxylic acids is 4. The summed E-state index contributed by atoms with van der Waals surface area (Å²) in [6.45, 7) is 4.13. The Morgan fingerprint density at radius 1 is 1.03 bits per heavy atom. The van der Waals surface area contributed by atoms with E-state index in [1.165, 1.54) is 12.3 Å².